The first-order chi connectivity index (χ1) is 12.6. The summed E-state index contributed by atoms with van der Waals surface area (Å²) in [6, 6.07) is 19.7. The highest BCUT2D eigenvalue weighted by atomic mass is 16.2. The van der Waals surface area contributed by atoms with Gasteiger partial charge in [0.05, 0.1) is 23.7 Å². The molecule has 0 aliphatic carbocycles. The van der Waals surface area contributed by atoms with Gasteiger partial charge in [-0.1, -0.05) is 42.0 Å². The summed E-state index contributed by atoms with van der Waals surface area (Å²) in [7, 11) is 1.71. The molecule has 0 spiro atoms. The predicted molar refractivity (Wildman–Crippen MR) is 101 cm³/mol. The summed E-state index contributed by atoms with van der Waals surface area (Å²) in [5.41, 5.74) is 4.07. The van der Waals surface area contributed by atoms with Gasteiger partial charge in [0.1, 0.15) is 5.69 Å². The van der Waals surface area contributed by atoms with E-state index in [2.05, 4.69) is 11.2 Å². The van der Waals surface area contributed by atoms with E-state index in [-0.39, 0.29) is 5.91 Å². The summed E-state index contributed by atoms with van der Waals surface area (Å²) in [4.78, 5) is 14.5. The van der Waals surface area contributed by atoms with Gasteiger partial charge in [0.2, 0.25) is 0 Å². The number of nitrogens with zero attached hydrogens (tertiary/aromatic N) is 4. The van der Waals surface area contributed by atoms with Gasteiger partial charge < -0.3 is 4.90 Å². The van der Waals surface area contributed by atoms with Crippen LogP contribution in [-0.4, -0.2) is 34.2 Å². The molecule has 2 aromatic carbocycles. The number of para-hydroxylation sites is 1. The first-order valence-corrected chi connectivity index (χ1v) is 8.44. The summed E-state index contributed by atoms with van der Waals surface area (Å²) >= 11 is 0. The van der Waals surface area contributed by atoms with Gasteiger partial charge in [0, 0.05) is 25.4 Å². The van der Waals surface area contributed by atoms with E-state index in [4.69, 9.17) is 5.26 Å². The van der Waals surface area contributed by atoms with Crippen LogP contribution in [0.25, 0.3) is 16.9 Å². The second-order valence-corrected chi connectivity index (χ2v) is 6.18. The maximum atomic E-state index is 12.9. The second kappa shape index (κ2) is 7.66. The molecule has 5 nitrogen and oxygen atoms in total. The molecule has 0 unspecified atom stereocenters. The minimum absolute atomic E-state index is 0.140. The smallest absolute Gasteiger partial charge is 0.257 e. The zero-order valence-corrected chi connectivity index (χ0v) is 14.9. The molecule has 0 N–H and O–H groups in total. The third-order valence-electron chi connectivity index (χ3n) is 4.16. The number of hydrogen-bond donors (Lipinski definition) is 0. The van der Waals surface area contributed by atoms with Gasteiger partial charge in [0.15, 0.2) is 0 Å². The van der Waals surface area contributed by atoms with Gasteiger partial charge in [-0.3, -0.25) is 4.79 Å². The van der Waals surface area contributed by atoms with Crippen LogP contribution in [0.4, 0.5) is 0 Å². The molecule has 26 heavy (non-hydrogen) atoms. The highest BCUT2D eigenvalue weighted by Gasteiger charge is 2.21. The van der Waals surface area contributed by atoms with E-state index in [0.29, 0.717) is 24.2 Å². The van der Waals surface area contributed by atoms with E-state index in [1.807, 2.05) is 61.5 Å². The fourth-order valence-corrected chi connectivity index (χ4v) is 2.77. The fraction of sp³-hybridized carbons (Fsp3) is 0.190. The summed E-state index contributed by atoms with van der Waals surface area (Å²) in [6.07, 6.45) is 2.06. The Balaban J connectivity index is 2.08. The maximum absolute atomic E-state index is 12.9. The molecule has 0 radical (unpaired) electrons. The Morgan fingerprint density at radius 3 is 2.65 bits per heavy atom. The van der Waals surface area contributed by atoms with Crippen molar-refractivity contribution in [2.24, 2.45) is 0 Å². The molecule has 1 heterocycles. The molecule has 1 amide bonds. The molecule has 5 heteroatoms. The van der Waals surface area contributed by atoms with E-state index in [1.54, 1.807) is 22.8 Å². The van der Waals surface area contributed by atoms with Gasteiger partial charge in [-0.15, -0.1) is 0 Å². The van der Waals surface area contributed by atoms with Gasteiger partial charge in [-0.2, -0.15) is 10.4 Å². The Hall–Kier alpha value is -3.39. The molecule has 0 saturated heterocycles. The predicted octanol–water partition coefficient (Wildman–Crippen LogP) is 3.83. The molecule has 130 valence electrons. The van der Waals surface area contributed by atoms with Crippen molar-refractivity contribution in [3.8, 4) is 23.0 Å². The van der Waals surface area contributed by atoms with E-state index in [0.717, 1.165) is 16.8 Å². The van der Waals surface area contributed by atoms with Gasteiger partial charge in [-0.25, -0.2) is 4.68 Å². The van der Waals surface area contributed by atoms with E-state index >= 15 is 0 Å². The van der Waals surface area contributed by atoms with Crippen molar-refractivity contribution in [2.75, 3.05) is 13.6 Å². The zero-order valence-electron chi connectivity index (χ0n) is 14.9. The fourth-order valence-electron chi connectivity index (χ4n) is 2.77. The van der Waals surface area contributed by atoms with Crippen LogP contribution < -0.4 is 0 Å². The lowest BCUT2D eigenvalue weighted by molar-refractivity contribution is 0.0798. The molecular formula is C21H20N4O. The van der Waals surface area contributed by atoms with Gasteiger partial charge in [-0.05, 0) is 25.1 Å². The highest BCUT2D eigenvalue weighted by molar-refractivity contribution is 5.99. The molecule has 0 fully saturated rings. The lowest BCUT2D eigenvalue weighted by Gasteiger charge is -2.15. The summed E-state index contributed by atoms with van der Waals surface area (Å²) < 4.78 is 1.73. The molecule has 1 aromatic heterocycles. The largest absolute Gasteiger partial charge is 0.341 e. The van der Waals surface area contributed by atoms with Crippen LogP contribution in [0.3, 0.4) is 0 Å². The van der Waals surface area contributed by atoms with Crippen molar-refractivity contribution >= 4 is 5.91 Å². The Bertz CT molecular complexity index is 954. The van der Waals surface area contributed by atoms with Crippen LogP contribution in [0, 0.1) is 18.3 Å². The first-order valence-electron chi connectivity index (χ1n) is 8.44. The highest BCUT2D eigenvalue weighted by Crippen LogP contribution is 2.25. The van der Waals surface area contributed by atoms with Crippen LogP contribution >= 0.6 is 0 Å². The van der Waals surface area contributed by atoms with Crippen molar-refractivity contribution < 1.29 is 4.79 Å². The van der Waals surface area contributed by atoms with Crippen LogP contribution in [0.2, 0.25) is 0 Å². The SMILES string of the molecule is Cc1cccc(-c2nn(-c3ccccc3)cc2C(=O)N(C)CCC#N)c1. The number of carbonyl (C=O) groups is 1. The number of hydrogen-bond acceptors (Lipinski definition) is 3. The minimum atomic E-state index is -0.140. The molecule has 0 saturated carbocycles. The third-order valence-corrected chi connectivity index (χ3v) is 4.16. The van der Waals surface area contributed by atoms with Gasteiger partial charge >= 0.3 is 0 Å². The van der Waals surface area contributed by atoms with E-state index < -0.39 is 0 Å². The topological polar surface area (TPSA) is 61.9 Å². The van der Waals surface area contributed by atoms with Crippen molar-refractivity contribution in [1.29, 1.82) is 5.26 Å². The minimum Gasteiger partial charge on any atom is -0.341 e. The summed E-state index contributed by atoms with van der Waals surface area (Å²) in [5, 5.41) is 13.5. The number of amides is 1. The normalized spacial score (nSPS) is 10.3. The Morgan fingerprint density at radius 1 is 1.19 bits per heavy atom. The van der Waals surface area contributed by atoms with Crippen molar-refractivity contribution in [1.82, 2.24) is 14.7 Å². The molecular weight excluding hydrogens is 324 g/mol. The lowest BCUT2D eigenvalue weighted by Crippen LogP contribution is -2.27. The molecule has 3 rings (SSSR count). The van der Waals surface area contributed by atoms with Crippen LogP contribution in [0.5, 0.6) is 0 Å². The molecule has 0 aliphatic heterocycles. The van der Waals surface area contributed by atoms with Crippen LogP contribution in [0.15, 0.2) is 60.8 Å². The third kappa shape index (κ3) is 3.65. The van der Waals surface area contributed by atoms with Gasteiger partial charge in [0.25, 0.3) is 5.91 Å². The number of rotatable bonds is 5. The summed E-state index contributed by atoms with van der Waals surface area (Å²) in [5.74, 6) is -0.140. The van der Waals surface area contributed by atoms with Crippen molar-refractivity contribution in [3.63, 3.8) is 0 Å². The average Bonchev–Trinajstić information content (AvgIpc) is 3.11. The van der Waals surface area contributed by atoms with Crippen LogP contribution in [0.1, 0.15) is 22.3 Å². The van der Waals surface area contributed by atoms with Crippen molar-refractivity contribution in [3.05, 3.63) is 71.9 Å². The quantitative estimate of drug-likeness (QED) is 0.706. The maximum Gasteiger partial charge on any atom is 0.257 e. The van der Waals surface area contributed by atoms with E-state index in [1.165, 1.54) is 0 Å². The molecule has 0 atom stereocenters. The lowest BCUT2D eigenvalue weighted by atomic mass is 10.1. The molecule has 0 aliphatic rings. The summed E-state index contributed by atoms with van der Waals surface area (Å²) in [6.45, 7) is 2.40. The number of aryl methyl sites for hydroxylation is 1. The first kappa shape index (κ1) is 17.4. The molecule has 3 aromatic rings. The van der Waals surface area contributed by atoms with Crippen molar-refractivity contribution in [2.45, 2.75) is 13.3 Å². The monoisotopic (exact) mass is 344 g/mol. The Morgan fingerprint density at radius 2 is 1.96 bits per heavy atom. The Kier molecular flexibility index (Phi) is 5.14. The number of benzene rings is 2. The van der Waals surface area contributed by atoms with Crippen LogP contribution in [-0.2, 0) is 0 Å². The number of carbonyl (C=O) groups excluding carboxylic acids is 1. The number of aromatic nitrogens is 2. The number of nitriles is 1. The zero-order chi connectivity index (χ0) is 18.5. The standard InChI is InChI=1S/C21H20N4O/c1-16-8-6-9-17(14-16)20-19(21(26)24(2)13-7-12-22)15-25(23-20)18-10-4-3-5-11-18/h3-6,8-11,14-15H,7,13H2,1-2H3. The Labute approximate surface area is 153 Å². The second-order valence-electron chi connectivity index (χ2n) is 6.18. The average molecular weight is 344 g/mol. The molecule has 0 bridgehead atoms. The van der Waals surface area contributed by atoms with E-state index in [9.17, 15) is 4.79 Å².